The van der Waals surface area contributed by atoms with E-state index in [-0.39, 0.29) is 6.61 Å². The number of anilines is 1. The van der Waals surface area contributed by atoms with Gasteiger partial charge in [0.2, 0.25) is 0 Å². The first-order chi connectivity index (χ1) is 12.2. The van der Waals surface area contributed by atoms with Gasteiger partial charge in [-0.2, -0.15) is 0 Å². The molecule has 126 valence electrons. The van der Waals surface area contributed by atoms with E-state index in [9.17, 15) is 4.79 Å². The Morgan fingerprint density at radius 1 is 0.800 bits per heavy atom. The maximum Gasteiger partial charge on any atom is 0.411 e. The molecular weight excluding hydrogens is 334 g/mol. The quantitative estimate of drug-likeness (QED) is 0.642. The van der Waals surface area contributed by atoms with Gasteiger partial charge in [0.15, 0.2) is 0 Å². The lowest BCUT2D eigenvalue weighted by Crippen LogP contribution is -2.13. The zero-order valence-electron chi connectivity index (χ0n) is 13.6. The van der Waals surface area contributed by atoms with Crippen LogP contribution in [-0.4, -0.2) is 6.09 Å². The molecule has 0 radical (unpaired) electrons. The number of hydrogen-bond donors (Lipinski definition) is 1. The summed E-state index contributed by atoms with van der Waals surface area (Å²) in [4.78, 5) is 11.9. The Kier molecular flexibility index (Phi) is 5.70. The molecule has 0 spiro atoms. The fourth-order valence-corrected chi connectivity index (χ4v) is 2.55. The van der Waals surface area contributed by atoms with Gasteiger partial charge in [0, 0.05) is 10.7 Å². The van der Waals surface area contributed by atoms with E-state index in [0.29, 0.717) is 10.7 Å². The van der Waals surface area contributed by atoms with E-state index in [4.69, 9.17) is 16.3 Å². The smallest absolute Gasteiger partial charge is 0.411 e. The topological polar surface area (TPSA) is 38.3 Å². The monoisotopic (exact) mass is 351 g/mol. The summed E-state index contributed by atoms with van der Waals surface area (Å²) < 4.78 is 5.20. The van der Waals surface area contributed by atoms with Crippen molar-refractivity contribution in [1.82, 2.24) is 0 Å². The van der Waals surface area contributed by atoms with E-state index in [1.807, 2.05) is 54.6 Å². The Labute approximate surface area is 152 Å². The minimum atomic E-state index is -0.481. The molecule has 0 fully saturated rings. The highest BCUT2D eigenvalue weighted by Gasteiger charge is 2.04. The van der Waals surface area contributed by atoms with E-state index in [2.05, 4.69) is 17.4 Å². The number of carbonyl (C=O) groups excluding carboxylic acids is 1. The number of ether oxygens (including phenoxy) is 1. The molecular formula is C21H18ClNO2. The second kappa shape index (κ2) is 8.36. The Morgan fingerprint density at radius 3 is 2.08 bits per heavy atom. The van der Waals surface area contributed by atoms with E-state index in [0.717, 1.165) is 12.0 Å². The second-order valence-corrected chi connectivity index (χ2v) is 6.12. The van der Waals surface area contributed by atoms with Crippen LogP contribution in [0.15, 0.2) is 78.9 Å². The van der Waals surface area contributed by atoms with Gasteiger partial charge < -0.3 is 4.74 Å². The van der Waals surface area contributed by atoms with Crippen molar-refractivity contribution in [2.24, 2.45) is 0 Å². The van der Waals surface area contributed by atoms with Crippen LogP contribution in [0.25, 0.3) is 0 Å². The molecule has 0 aliphatic rings. The number of halogens is 1. The molecule has 4 heteroatoms. The van der Waals surface area contributed by atoms with Gasteiger partial charge in [-0.25, -0.2) is 4.79 Å². The minimum absolute atomic E-state index is 0.203. The lowest BCUT2D eigenvalue weighted by molar-refractivity contribution is 0.155. The molecule has 1 amide bonds. The summed E-state index contributed by atoms with van der Waals surface area (Å²) in [5.41, 5.74) is 4.03. The van der Waals surface area contributed by atoms with Crippen LogP contribution < -0.4 is 5.32 Å². The van der Waals surface area contributed by atoms with Crippen molar-refractivity contribution in [3.63, 3.8) is 0 Å². The zero-order valence-corrected chi connectivity index (χ0v) is 14.4. The molecule has 0 atom stereocenters. The molecule has 3 nitrogen and oxygen atoms in total. The van der Waals surface area contributed by atoms with Crippen LogP contribution in [-0.2, 0) is 17.8 Å². The highest BCUT2D eigenvalue weighted by Crippen LogP contribution is 2.14. The molecule has 0 saturated heterocycles. The highest BCUT2D eigenvalue weighted by atomic mass is 35.5. The third-order valence-corrected chi connectivity index (χ3v) is 3.99. The molecule has 3 aromatic carbocycles. The predicted octanol–water partition coefficient (Wildman–Crippen LogP) is 5.68. The number of rotatable bonds is 5. The third-order valence-electron chi connectivity index (χ3n) is 3.73. The fourth-order valence-electron chi connectivity index (χ4n) is 2.42. The Hall–Kier alpha value is -2.78. The van der Waals surface area contributed by atoms with Gasteiger partial charge in [-0.3, -0.25) is 5.32 Å². The van der Waals surface area contributed by atoms with Gasteiger partial charge in [0.1, 0.15) is 6.61 Å². The molecule has 1 N–H and O–H groups in total. The van der Waals surface area contributed by atoms with E-state index >= 15 is 0 Å². The normalized spacial score (nSPS) is 10.3. The molecule has 0 heterocycles. The van der Waals surface area contributed by atoms with Crippen LogP contribution in [0.4, 0.5) is 10.5 Å². The Bertz CT molecular complexity index is 815. The largest absolute Gasteiger partial charge is 0.444 e. The molecule has 25 heavy (non-hydrogen) atoms. The van der Waals surface area contributed by atoms with Crippen molar-refractivity contribution >= 4 is 23.4 Å². The average molecular weight is 352 g/mol. The highest BCUT2D eigenvalue weighted by molar-refractivity contribution is 6.30. The number of nitrogens with one attached hydrogen (secondary N) is 1. The van der Waals surface area contributed by atoms with Crippen LogP contribution in [0.1, 0.15) is 16.7 Å². The maximum atomic E-state index is 11.9. The van der Waals surface area contributed by atoms with Crippen molar-refractivity contribution in [1.29, 1.82) is 0 Å². The summed E-state index contributed by atoms with van der Waals surface area (Å²) in [5, 5.41) is 3.38. The molecule has 0 saturated carbocycles. The fraction of sp³-hybridized carbons (Fsp3) is 0.0952. The van der Waals surface area contributed by atoms with Gasteiger partial charge in [-0.05, 0) is 47.4 Å². The van der Waals surface area contributed by atoms with Gasteiger partial charge in [-0.15, -0.1) is 0 Å². The zero-order chi connectivity index (χ0) is 17.5. The molecule has 0 aromatic heterocycles. The summed E-state index contributed by atoms with van der Waals surface area (Å²) in [5.74, 6) is 0. The molecule has 0 aliphatic heterocycles. The summed E-state index contributed by atoms with van der Waals surface area (Å²) in [6.07, 6.45) is 0.382. The van der Waals surface area contributed by atoms with Crippen LogP contribution in [0.3, 0.4) is 0 Å². The SMILES string of the molecule is O=C(Nc1ccc(Cc2ccccc2)cc1)OCc1ccc(Cl)cc1. The first kappa shape index (κ1) is 17.1. The number of carbonyl (C=O) groups is 1. The number of hydrogen-bond acceptors (Lipinski definition) is 2. The Morgan fingerprint density at radius 2 is 1.40 bits per heavy atom. The van der Waals surface area contributed by atoms with Crippen molar-refractivity contribution in [3.05, 3.63) is 101 Å². The summed E-state index contributed by atoms with van der Waals surface area (Å²) in [6, 6.07) is 25.2. The summed E-state index contributed by atoms with van der Waals surface area (Å²) in [7, 11) is 0. The minimum Gasteiger partial charge on any atom is -0.444 e. The predicted molar refractivity (Wildman–Crippen MR) is 101 cm³/mol. The Balaban J connectivity index is 1.50. The molecule has 0 aliphatic carbocycles. The molecule has 3 rings (SSSR count). The number of amides is 1. The van der Waals surface area contributed by atoms with Crippen molar-refractivity contribution in [3.8, 4) is 0 Å². The van der Waals surface area contributed by atoms with E-state index < -0.39 is 6.09 Å². The summed E-state index contributed by atoms with van der Waals surface area (Å²) in [6.45, 7) is 0.203. The van der Waals surface area contributed by atoms with Gasteiger partial charge >= 0.3 is 6.09 Å². The van der Waals surface area contributed by atoms with Gasteiger partial charge in [-0.1, -0.05) is 66.2 Å². The first-order valence-corrected chi connectivity index (χ1v) is 8.38. The van der Waals surface area contributed by atoms with Gasteiger partial charge in [0.25, 0.3) is 0 Å². The average Bonchev–Trinajstić information content (AvgIpc) is 2.64. The van der Waals surface area contributed by atoms with Gasteiger partial charge in [0.05, 0.1) is 0 Å². The standard InChI is InChI=1S/C21H18ClNO2/c22-19-10-6-18(7-11-19)15-25-21(24)23-20-12-8-17(9-13-20)14-16-4-2-1-3-5-16/h1-13H,14-15H2,(H,23,24). The van der Waals surface area contributed by atoms with Crippen molar-refractivity contribution in [2.45, 2.75) is 13.0 Å². The second-order valence-electron chi connectivity index (χ2n) is 5.69. The van der Waals surface area contributed by atoms with Crippen LogP contribution in [0, 0.1) is 0 Å². The molecule has 0 unspecified atom stereocenters. The first-order valence-electron chi connectivity index (χ1n) is 8.00. The van der Waals surface area contributed by atoms with E-state index in [1.165, 1.54) is 11.1 Å². The van der Waals surface area contributed by atoms with Crippen molar-refractivity contribution < 1.29 is 9.53 Å². The van der Waals surface area contributed by atoms with Crippen LogP contribution in [0.5, 0.6) is 0 Å². The van der Waals surface area contributed by atoms with Crippen molar-refractivity contribution in [2.75, 3.05) is 5.32 Å². The molecule has 0 bridgehead atoms. The van der Waals surface area contributed by atoms with Crippen LogP contribution in [0.2, 0.25) is 5.02 Å². The van der Waals surface area contributed by atoms with Crippen LogP contribution >= 0.6 is 11.6 Å². The lowest BCUT2D eigenvalue weighted by Gasteiger charge is -2.08. The maximum absolute atomic E-state index is 11.9. The molecule has 3 aromatic rings. The summed E-state index contributed by atoms with van der Waals surface area (Å²) >= 11 is 5.83. The number of benzene rings is 3. The van der Waals surface area contributed by atoms with E-state index in [1.54, 1.807) is 12.1 Å². The third kappa shape index (κ3) is 5.37. The lowest BCUT2D eigenvalue weighted by atomic mass is 10.1.